The number of carbonyl (C=O) groups excluding carboxylic acids is 14. The third-order valence-corrected chi connectivity index (χ3v) is 21.2. The molecule has 0 aliphatic carbocycles. The summed E-state index contributed by atoms with van der Waals surface area (Å²) in [6.45, 7) is 12.7. The normalized spacial score (nSPS) is 25.4. The Balaban J connectivity index is 0.817. The maximum atomic E-state index is 14.6. The van der Waals surface area contributed by atoms with Crippen molar-refractivity contribution in [2.24, 2.45) is 5.92 Å². The fraction of sp³-hybridized carbons (Fsp3) is 0.534. The van der Waals surface area contributed by atoms with Crippen LogP contribution in [0.3, 0.4) is 0 Å². The van der Waals surface area contributed by atoms with Crippen molar-refractivity contribution < 1.29 is 105 Å². The number of nitrogens with one attached hydrogen (secondary N) is 4. The second-order valence-electron chi connectivity index (χ2n) is 27.0. The molecule has 12 amide bonds. The quantitative estimate of drug-likeness (QED) is 0.212. The van der Waals surface area contributed by atoms with Crippen molar-refractivity contribution in [3.8, 4) is 17.2 Å². The van der Waals surface area contributed by atoms with Crippen LogP contribution >= 0.6 is 23.5 Å². The van der Waals surface area contributed by atoms with Gasteiger partial charge in [-0.15, -0.1) is 23.5 Å². The van der Waals surface area contributed by atoms with Gasteiger partial charge < -0.3 is 74.2 Å². The van der Waals surface area contributed by atoms with Gasteiger partial charge in [0.1, 0.15) is 17.8 Å². The van der Waals surface area contributed by atoms with Gasteiger partial charge in [0, 0.05) is 101 Å². The number of aryl methyl sites for hydroxylation is 1. The highest BCUT2D eigenvalue weighted by Gasteiger charge is 2.54. The number of rotatable bonds is 2. The van der Waals surface area contributed by atoms with Crippen molar-refractivity contribution in [3.05, 3.63) is 87.2 Å². The number of ketones is 2. The van der Waals surface area contributed by atoms with Crippen molar-refractivity contribution in [2.75, 3.05) is 127 Å². The number of aliphatic hydroxyl groups is 1. The van der Waals surface area contributed by atoms with Gasteiger partial charge in [-0.05, 0) is 62.6 Å². The Hall–Kier alpha value is -9.32. The van der Waals surface area contributed by atoms with E-state index in [9.17, 15) is 72.2 Å². The molecule has 0 spiro atoms. The number of anilines is 2. The summed E-state index contributed by atoms with van der Waals surface area (Å²) in [5.41, 5.74) is 2.77. The van der Waals surface area contributed by atoms with E-state index >= 15 is 0 Å². The number of imide groups is 2. The minimum Gasteiger partial charge on any atom is -0.493 e. The summed E-state index contributed by atoms with van der Waals surface area (Å²) in [4.78, 5) is 201. The first-order valence-corrected chi connectivity index (χ1v) is 37.6. The smallest absolute Gasteiger partial charge is 0.268 e. The SMILES string of the molecule is C=C1CC2CN3C(=O)CCC(=O)CNC(=O)CCOCCOCCNC(=O)C4C(C(=O)NCCOCCOCCC(=O)NC(C(C)C)C(=O)CCC(=O)N5c6cc(c(C)cc6C(=O)N6CC(=C)CC6C5O)OCCCCCOc5cc3c(cc5OC)C(=O)N2C1)N1C(=O)C=C(SCSC2=CC(=O)N4C2=O)C1=O. The van der Waals surface area contributed by atoms with Crippen molar-refractivity contribution >= 4 is 117 Å². The molecule has 8 aliphatic heterocycles. The Labute approximate surface area is 626 Å². The van der Waals surface area contributed by atoms with Crippen LogP contribution in [0.5, 0.6) is 17.2 Å². The molecule has 576 valence electrons. The molecular formula is C73H90N10O22S2. The lowest BCUT2D eigenvalue weighted by atomic mass is 9.96. The van der Waals surface area contributed by atoms with Crippen LogP contribution in [-0.4, -0.2) is 261 Å². The molecule has 8 heterocycles. The molecule has 0 saturated carbocycles. The molecule has 3 fully saturated rings. The average molecular weight is 1520 g/mol. The third kappa shape index (κ3) is 19.3. The van der Waals surface area contributed by atoms with E-state index in [2.05, 4.69) is 34.4 Å². The lowest BCUT2D eigenvalue weighted by Gasteiger charge is -2.35. The second kappa shape index (κ2) is 37.0. The number of carbonyl (C=O) groups is 14. The summed E-state index contributed by atoms with van der Waals surface area (Å²) in [6.07, 6.45) is 1.22. The maximum Gasteiger partial charge on any atom is 0.268 e. The van der Waals surface area contributed by atoms with Crippen LogP contribution < -0.4 is 45.3 Å². The van der Waals surface area contributed by atoms with Crippen LogP contribution in [0.15, 0.2) is 70.5 Å². The average Bonchev–Trinajstić information content (AvgIpc) is 1.63. The van der Waals surface area contributed by atoms with Crippen molar-refractivity contribution in [2.45, 2.75) is 128 Å². The number of aliphatic hydroxyl groups excluding tert-OH is 1. The van der Waals surface area contributed by atoms with E-state index in [4.69, 9.17) is 33.2 Å². The standard InChI is InChI=1S/C73H90N10O22S2/c1-41(2)64-52(85)11-13-61(89)81-50-33-53(44(5)30-47(50)70(95)80-38-43(4)29-51(80)71(81)96)104-18-8-7-9-19-105-55-32-49-48(31-54(55)99-6)69(94)78-37-42(3)28-45(78)39-79(49)60(88)12-10-46(84)36-76-58(86)14-20-100-24-26-102-22-16-74-67(92)65-66(68(93)75-17-23-103-27-25-101-21-15-59(87)77-64)83-63(91)35-57(73(83)98)107-40-106-56-34-62(90)82(65)72(56)97/h30-35,41,45,51,64-66,71,96H,3-4,7-29,36-40H2,1-2,5-6H3,(H,74,92)(H,75,93)(H,76,86)(H,77,87). The fourth-order valence-electron chi connectivity index (χ4n) is 13.6. The Morgan fingerprint density at radius 3 is 1.71 bits per heavy atom. The number of Topliss-reactive ketones (excluding diaryl/α,β-unsaturated/α-hetero) is 2. The summed E-state index contributed by atoms with van der Waals surface area (Å²) < 4.78 is 40.8. The third-order valence-electron chi connectivity index (χ3n) is 19.1. The number of benzene rings is 2. The van der Waals surface area contributed by atoms with Crippen molar-refractivity contribution in [1.82, 2.24) is 40.9 Å². The lowest BCUT2D eigenvalue weighted by Crippen LogP contribution is -2.66. The number of amides is 12. The molecule has 2 aromatic rings. The lowest BCUT2D eigenvalue weighted by molar-refractivity contribution is -0.157. The van der Waals surface area contributed by atoms with Gasteiger partial charge in [0.15, 0.2) is 29.3 Å². The van der Waals surface area contributed by atoms with Crippen LogP contribution in [0.4, 0.5) is 11.4 Å². The van der Waals surface area contributed by atoms with Crippen LogP contribution in [0.2, 0.25) is 0 Å². The van der Waals surface area contributed by atoms with Crippen LogP contribution in [-0.2, 0) is 76.5 Å². The van der Waals surface area contributed by atoms with Gasteiger partial charge in [-0.1, -0.05) is 38.2 Å². The van der Waals surface area contributed by atoms with Gasteiger partial charge in [-0.2, -0.15) is 0 Å². The highest BCUT2D eigenvalue weighted by Crippen LogP contribution is 2.43. The molecule has 10 rings (SSSR count). The zero-order chi connectivity index (χ0) is 76.8. The Morgan fingerprint density at radius 2 is 1.10 bits per heavy atom. The van der Waals surface area contributed by atoms with Gasteiger partial charge in [-0.25, -0.2) is 0 Å². The zero-order valence-electron chi connectivity index (χ0n) is 60.2. The zero-order valence-corrected chi connectivity index (χ0v) is 61.9. The molecule has 0 radical (unpaired) electrons. The fourth-order valence-corrected chi connectivity index (χ4v) is 15.7. The topological polar surface area (TPSA) is 391 Å². The number of fused-ring (bicyclic) bond motifs is 11. The number of hydrogen-bond acceptors (Lipinski definition) is 24. The van der Waals surface area contributed by atoms with Gasteiger partial charge in [-0.3, -0.25) is 81.8 Å². The Bertz CT molecular complexity index is 3950. The van der Waals surface area contributed by atoms with Crippen molar-refractivity contribution in [1.29, 1.82) is 0 Å². The monoisotopic (exact) mass is 1520 g/mol. The summed E-state index contributed by atoms with van der Waals surface area (Å²) in [5.74, 6) is -9.33. The molecule has 32 nitrogen and oxygen atoms in total. The number of thioether (sulfide) groups is 2. The van der Waals surface area contributed by atoms with Gasteiger partial charge in [0.25, 0.3) is 35.4 Å². The van der Waals surface area contributed by atoms with E-state index in [0.717, 1.165) is 46.1 Å². The van der Waals surface area contributed by atoms with Gasteiger partial charge in [0.05, 0.1) is 130 Å². The molecular weight excluding hydrogens is 1430 g/mol. The van der Waals surface area contributed by atoms with Crippen LogP contribution in [0.1, 0.15) is 111 Å². The maximum absolute atomic E-state index is 14.6. The number of hydrogen-bond donors (Lipinski definition) is 5. The highest BCUT2D eigenvalue weighted by molar-refractivity contribution is 8.20. The summed E-state index contributed by atoms with van der Waals surface area (Å²) in [6, 6.07) is -0.130. The Morgan fingerprint density at radius 1 is 0.561 bits per heavy atom. The van der Waals surface area contributed by atoms with Crippen LogP contribution in [0.25, 0.3) is 0 Å². The molecule has 8 aliphatic rings. The molecule has 5 N–H and O–H groups in total. The number of methoxy groups -OCH3 is 1. The summed E-state index contributed by atoms with van der Waals surface area (Å²) >= 11 is 1.82. The number of ether oxygens (including phenoxy) is 7. The molecule has 8 bridgehead atoms. The summed E-state index contributed by atoms with van der Waals surface area (Å²) in [5, 5.41) is 22.5. The van der Waals surface area contributed by atoms with E-state index < -0.39 is 125 Å². The molecule has 2 aromatic carbocycles. The molecule has 0 aromatic heterocycles. The predicted octanol–water partition coefficient (Wildman–Crippen LogP) is 1.91. The highest BCUT2D eigenvalue weighted by atomic mass is 32.2. The van der Waals surface area contributed by atoms with E-state index in [1.807, 2.05) is 0 Å². The van der Waals surface area contributed by atoms with E-state index in [-0.39, 0.29) is 199 Å². The Kier molecular flexibility index (Phi) is 27.7. The van der Waals surface area contributed by atoms with Gasteiger partial charge in [0.2, 0.25) is 35.4 Å². The minimum absolute atomic E-state index is 0.0179. The first-order chi connectivity index (χ1) is 51.3. The minimum atomic E-state index is -2.07. The molecule has 107 heavy (non-hydrogen) atoms. The van der Waals surface area contributed by atoms with E-state index in [0.29, 0.717) is 52.4 Å². The first-order valence-electron chi connectivity index (χ1n) is 35.6. The molecule has 3 saturated heterocycles. The largest absolute Gasteiger partial charge is 0.493 e. The van der Waals surface area contributed by atoms with E-state index in [1.165, 1.54) is 23.0 Å². The molecule has 6 unspecified atom stereocenters. The predicted molar refractivity (Wildman–Crippen MR) is 386 cm³/mol. The number of nitrogens with zero attached hydrogens (tertiary/aromatic N) is 6. The summed E-state index contributed by atoms with van der Waals surface area (Å²) in [7, 11) is 1.43. The van der Waals surface area contributed by atoms with Crippen LogP contribution in [0, 0.1) is 12.8 Å². The van der Waals surface area contributed by atoms with E-state index in [1.54, 1.807) is 43.9 Å². The molecule has 6 atom stereocenters. The van der Waals surface area contributed by atoms with Crippen molar-refractivity contribution in [3.63, 3.8) is 0 Å². The van der Waals surface area contributed by atoms with Gasteiger partial charge >= 0.3 is 0 Å². The second-order valence-corrected chi connectivity index (χ2v) is 29.4. The molecule has 34 heteroatoms. The first kappa shape index (κ1) is 80.2.